The molecule has 2 amide bonds. The molecule has 0 saturated heterocycles. The highest BCUT2D eigenvalue weighted by Crippen LogP contribution is 2.20. The van der Waals surface area contributed by atoms with E-state index in [1.165, 1.54) is 18.2 Å². The lowest BCUT2D eigenvalue weighted by molar-refractivity contribution is 0.0697. The summed E-state index contributed by atoms with van der Waals surface area (Å²) >= 11 is 5.81. The Morgan fingerprint density at radius 3 is 2.48 bits per heavy atom. The molecule has 2 aromatic carbocycles. The molecule has 21 heavy (non-hydrogen) atoms. The SMILES string of the molecule is Nc1ccccc1NC(=O)Nc1cc(Cl)cc(C(=O)O)c1. The van der Waals surface area contributed by atoms with Gasteiger partial charge in [-0.15, -0.1) is 0 Å². The highest BCUT2D eigenvalue weighted by atomic mass is 35.5. The lowest BCUT2D eigenvalue weighted by atomic mass is 10.2. The third kappa shape index (κ3) is 3.87. The fraction of sp³-hybridized carbons (Fsp3) is 0. The maximum atomic E-state index is 11.9. The number of urea groups is 1. The molecule has 0 unspecified atom stereocenters. The Bertz CT molecular complexity index is 704. The summed E-state index contributed by atoms with van der Waals surface area (Å²) in [6.07, 6.45) is 0. The van der Waals surface area contributed by atoms with Gasteiger partial charge in [-0.2, -0.15) is 0 Å². The minimum absolute atomic E-state index is 0.0166. The van der Waals surface area contributed by atoms with E-state index in [0.717, 1.165) is 0 Å². The van der Waals surface area contributed by atoms with Crippen molar-refractivity contribution in [3.63, 3.8) is 0 Å². The normalized spacial score (nSPS) is 9.95. The second-order valence-electron chi connectivity index (χ2n) is 4.20. The molecule has 0 aromatic heterocycles. The molecule has 6 nitrogen and oxygen atoms in total. The average Bonchev–Trinajstić information content (AvgIpc) is 2.40. The molecule has 7 heteroatoms. The molecule has 0 bridgehead atoms. The first-order chi connectivity index (χ1) is 9.95. The number of carbonyl (C=O) groups is 2. The van der Waals surface area contributed by atoms with Crippen molar-refractivity contribution >= 4 is 40.7 Å². The zero-order valence-corrected chi connectivity index (χ0v) is 11.5. The van der Waals surface area contributed by atoms with Crippen LogP contribution in [0.3, 0.4) is 0 Å². The van der Waals surface area contributed by atoms with E-state index in [9.17, 15) is 9.59 Å². The number of nitrogen functional groups attached to an aromatic ring is 1. The predicted molar refractivity (Wildman–Crippen MR) is 81.9 cm³/mol. The largest absolute Gasteiger partial charge is 0.478 e. The molecular formula is C14H12ClN3O3. The van der Waals surface area contributed by atoms with E-state index in [-0.39, 0.29) is 16.3 Å². The highest BCUT2D eigenvalue weighted by Gasteiger charge is 2.09. The molecule has 0 heterocycles. The fourth-order valence-corrected chi connectivity index (χ4v) is 1.92. The number of carboxylic acids is 1. The number of amides is 2. The smallest absolute Gasteiger partial charge is 0.335 e. The second kappa shape index (κ2) is 6.15. The van der Waals surface area contributed by atoms with Gasteiger partial charge in [0.05, 0.1) is 16.9 Å². The maximum Gasteiger partial charge on any atom is 0.335 e. The van der Waals surface area contributed by atoms with E-state index in [1.54, 1.807) is 24.3 Å². The van der Waals surface area contributed by atoms with Crippen molar-refractivity contribution in [1.82, 2.24) is 0 Å². The minimum Gasteiger partial charge on any atom is -0.478 e. The summed E-state index contributed by atoms with van der Waals surface area (Å²) in [6.45, 7) is 0. The van der Waals surface area contributed by atoms with Crippen molar-refractivity contribution in [2.24, 2.45) is 0 Å². The number of benzene rings is 2. The number of anilines is 3. The van der Waals surface area contributed by atoms with Gasteiger partial charge in [-0.1, -0.05) is 23.7 Å². The van der Waals surface area contributed by atoms with E-state index in [0.29, 0.717) is 11.4 Å². The first-order valence-corrected chi connectivity index (χ1v) is 6.30. The Kier molecular flexibility index (Phi) is 4.30. The Morgan fingerprint density at radius 1 is 1.10 bits per heavy atom. The molecule has 0 saturated carbocycles. The van der Waals surface area contributed by atoms with Gasteiger partial charge in [-0.05, 0) is 30.3 Å². The standard InChI is InChI=1S/C14H12ClN3O3/c15-9-5-8(13(19)20)6-10(7-9)17-14(21)18-12-4-2-1-3-11(12)16/h1-7H,16H2,(H,19,20)(H2,17,18,21). The van der Waals surface area contributed by atoms with Crippen LogP contribution in [0.25, 0.3) is 0 Å². The summed E-state index contributed by atoms with van der Waals surface area (Å²) in [4.78, 5) is 22.8. The van der Waals surface area contributed by atoms with Gasteiger partial charge in [0.2, 0.25) is 0 Å². The average molecular weight is 306 g/mol. The van der Waals surface area contributed by atoms with Gasteiger partial charge < -0.3 is 21.5 Å². The third-order valence-electron chi connectivity index (χ3n) is 2.61. The monoisotopic (exact) mass is 305 g/mol. The van der Waals surface area contributed by atoms with Crippen molar-refractivity contribution in [3.05, 3.63) is 53.1 Å². The minimum atomic E-state index is -1.13. The molecule has 0 spiro atoms. The number of halogens is 1. The molecule has 0 aliphatic heterocycles. The molecule has 0 aliphatic rings. The number of hydrogen-bond donors (Lipinski definition) is 4. The summed E-state index contributed by atoms with van der Waals surface area (Å²) in [6, 6.07) is 10.3. The Labute approximate surface area is 125 Å². The predicted octanol–water partition coefficient (Wildman–Crippen LogP) is 3.26. The van der Waals surface area contributed by atoms with E-state index < -0.39 is 12.0 Å². The van der Waals surface area contributed by atoms with Crippen molar-refractivity contribution < 1.29 is 14.7 Å². The maximum absolute atomic E-state index is 11.9. The van der Waals surface area contributed by atoms with Crippen LogP contribution < -0.4 is 16.4 Å². The number of para-hydroxylation sites is 2. The molecule has 0 radical (unpaired) electrons. The highest BCUT2D eigenvalue weighted by molar-refractivity contribution is 6.31. The van der Waals surface area contributed by atoms with Gasteiger partial charge in [0.1, 0.15) is 0 Å². The van der Waals surface area contributed by atoms with Crippen LogP contribution in [0.5, 0.6) is 0 Å². The van der Waals surface area contributed by atoms with E-state index >= 15 is 0 Å². The van der Waals surface area contributed by atoms with Gasteiger partial charge >= 0.3 is 12.0 Å². The molecule has 2 rings (SSSR count). The summed E-state index contributed by atoms with van der Waals surface area (Å²) in [5.74, 6) is -1.13. The van der Waals surface area contributed by atoms with Crippen molar-refractivity contribution in [3.8, 4) is 0 Å². The van der Waals surface area contributed by atoms with Crippen molar-refractivity contribution in [2.75, 3.05) is 16.4 Å². The Balaban J connectivity index is 2.13. The van der Waals surface area contributed by atoms with E-state index in [4.69, 9.17) is 22.4 Å². The number of hydrogen-bond acceptors (Lipinski definition) is 3. The van der Waals surface area contributed by atoms with E-state index in [1.807, 2.05) is 0 Å². The van der Waals surface area contributed by atoms with Crippen LogP contribution in [-0.4, -0.2) is 17.1 Å². The first-order valence-electron chi connectivity index (χ1n) is 5.92. The Morgan fingerprint density at radius 2 is 1.81 bits per heavy atom. The van der Waals surface area contributed by atoms with Crippen LogP contribution in [0.2, 0.25) is 5.02 Å². The molecule has 2 aromatic rings. The van der Waals surface area contributed by atoms with Crippen LogP contribution >= 0.6 is 11.6 Å². The van der Waals surface area contributed by atoms with Crippen LogP contribution in [0.15, 0.2) is 42.5 Å². The number of aromatic carboxylic acids is 1. The molecule has 5 N–H and O–H groups in total. The Hall–Kier alpha value is -2.73. The molecule has 0 fully saturated rings. The number of nitrogens with one attached hydrogen (secondary N) is 2. The van der Waals surface area contributed by atoms with Gasteiger partial charge in [0, 0.05) is 10.7 Å². The number of rotatable bonds is 3. The van der Waals surface area contributed by atoms with Crippen LogP contribution in [0.1, 0.15) is 10.4 Å². The lowest BCUT2D eigenvalue weighted by Gasteiger charge is -2.10. The number of carboxylic acid groups (broad SMARTS) is 1. The van der Waals surface area contributed by atoms with Crippen LogP contribution in [0, 0.1) is 0 Å². The third-order valence-corrected chi connectivity index (χ3v) is 2.83. The van der Waals surface area contributed by atoms with Gasteiger partial charge in [0.15, 0.2) is 0 Å². The van der Waals surface area contributed by atoms with Crippen LogP contribution in [-0.2, 0) is 0 Å². The van der Waals surface area contributed by atoms with Gasteiger partial charge in [-0.3, -0.25) is 0 Å². The van der Waals surface area contributed by atoms with E-state index in [2.05, 4.69) is 10.6 Å². The van der Waals surface area contributed by atoms with Crippen LogP contribution in [0.4, 0.5) is 21.9 Å². The fourth-order valence-electron chi connectivity index (χ4n) is 1.68. The first kappa shape index (κ1) is 14.7. The zero-order chi connectivity index (χ0) is 15.4. The topological polar surface area (TPSA) is 104 Å². The van der Waals surface area contributed by atoms with Crippen molar-refractivity contribution in [2.45, 2.75) is 0 Å². The summed E-state index contributed by atoms with van der Waals surface area (Å²) in [5.41, 5.74) is 6.84. The lowest BCUT2D eigenvalue weighted by Crippen LogP contribution is -2.20. The molecule has 0 atom stereocenters. The second-order valence-corrected chi connectivity index (χ2v) is 4.64. The number of nitrogens with two attached hydrogens (primary N) is 1. The quantitative estimate of drug-likeness (QED) is 0.653. The summed E-state index contributed by atoms with van der Waals surface area (Å²) < 4.78 is 0. The van der Waals surface area contributed by atoms with Gasteiger partial charge in [0.25, 0.3) is 0 Å². The summed E-state index contributed by atoms with van der Waals surface area (Å²) in [7, 11) is 0. The number of carbonyl (C=O) groups excluding carboxylic acids is 1. The zero-order valence-electron chi connectivity index (χ0n) is 10.8. The van der Waals surface area contributed by atoms with Gasteiger partial charge in [-0.25, -0.2) is 9.59 Å². The summed E-state index contributed by atoms with van der Waals surface area (Å²) in [5, 5.41) is 14.2. The molecular weight excluding hydrogens is 294 g/mol. The molecule has 108 valence electrons. The van der Waals surface area contributed by atoms with Crippen molar-refractivity contribution in [1.29, 1.82) is 0 Å². The molecule has 0 aliphatic carbocycles.